The van der Waals surface area contributed by atoms with E-state index in [-0.39, 0.29) is 18.3 Å². The fourth-order valence-corrected chi connectivity index (χ4v) is 3.51. The Hall–Kier alpha value is -2.70. The van der Waals surface area contributed by atoms with Crippen molar-refractivity contribution in [2.24, 2.45) is 0 Å². The van der Waals surface area contributed by atoms with Crippen LogP contribution >= 0.6 is 12.4 Å². The number of hydrogen-bond donors (Lipinski definition) is 0. The van der Waals surface area contributed by atoms with Crippen molar-refractivity contribution in [1.82, 2.24) is 19.9 Å². The first kappa shape index (κ1) is 21.0. The molecule has 0 bridgehead atoms. The van der Waals surface area contributed by atoms with E-state index in [2.05, 4.69) is 15.0 Å². The number of benzene rings is 2. The van der Waals surface area contributed by atoms with Crippen LogP contribution in [-0.2, 0) is 6.54 Å². The number of nitrogens with zero attached hydrogens (tertiary/aromatic N) is 4. The molecule has 1 aliphatic heterocycles. The lowest BCUT2D eigenvalue weighted by atomic mass is 10.1. The van der Waals surface area contributed by atoms with Crippen molar-refractivity contribution >= 4 is 18.3 Å². The van der Waals surface area contributed by atoms with Gasteiger partial charge in [-0.2, -0.15) is 4.98 Å². The third kappa shape index (κ3) is 5.22. The van der Waals surface area contributed by atoms with Gasteiger partial charge in [-0.25, -0.2) is 0 Å². The fraction of sp³-hybridized carbons (Fsp3) is 0.318. The predicted octanol–water partition coefficient (Wildman–Crippen LogP) is 3.81. The SMILES string of the molecule is Cc1cccc(C(=O)N2CCCN(Cc3noc(-c4ccccc4)n3)CC2)c1.Cl. The highest BCUT2D eigenvalue weighted by molar-refractivity contribution is 5.94. The summed E-state index contributed by atoms with van der Waals surface area (Å²) >= 11 is 0. The van der Waals surface area contributed by atoms with E-state index in [0.29, 0.717) is 24.8 Å². The number of aryl methyl sites for hydroxylation is 1. The Balaban J connectivity index is 0.00000240. The number of hydrogen-bond acceptors (Lipinski definition) is 5. The van der Waals surface area contributed by atoms with Crippen LogP contribution < -0.4 is 0 Å². The van der Waals surface area contributed by atoms with Gasteiger partial charge in [-0.1, -0.05) is 41.1 Å². The molecule has 7 heteroatoms. The summed E-state index contributed by atoms with van der Waals surface area (Å²) in [5.41, 5.74) is 2.79. The number of carbonyl (C=O) groups excluding carboxylic acids is 1. The van der Waals surface area contributed by atoms with E-state index >= 15 is 0 Å². The van der Waals surface area contributed by atoms with Gasteiger partial charge in [0, 0.05) is 37.3 Å². The summed E-state index contributed by atoms with van der Waals surface area (Å²) in [4.78, 5) is 21.5. The van der Waals surface area contributed by atoms with Gasteiger partial charge in [-0.3, -0.25) is 9.69 Å². The van der Waals surface area contributed by atoms with Gasteiger partial charge in [0.2, 0.25) is 0 Å². The maximum Gasteiger partial charge on any atom is 0.257 e. The van der Waals surface area contributed by atoms with Crippen LogP contribution in [0.4, 0.5) is 0 Å². The molecule has 0 unspecified atom stereocenters. The van der Waals surface area contributed by atoms with E-state index in [1.54, 1.807) is 0 Å². The zero-order valence-electron chi connectivity index (χ0n) is 16.5. The van der Waals surface area contributed by atoms with Crippen LogP contribution in [0, 0.1) is 6.92 Å². The van der Waals surface area contributed by atoms with Crippen molar-refractivity contribution in [3.63, 3.8) is 0 Å². The summed E-state index contributed by atoms with van der Waals surface area (Å²) < 4.78 is 5.40. The summed E-state index contributed by atoms with van der Waals surface area (Å²) in [7, 11) is 0. The molecule has 1 fully saturated rings. The van der Waals surface area contributed by atoms with Crippen molar-refractivity contribution < 1.29 is 9.32 Å². The Morgan fingerprint density at radius 3 is 2.66 bits per heavy atom. The molecular weight excluding hydrogens is 388 g/mol. The lowest BCUT2D eigenvalue weighted by Gasteiger charge is -2.21. The van der Waals surface area contributed by atoms with E-state index < -0.39 is 0 Å². The smallest absolute Gasteiger partial charge is 0.257 e. The lowest BCUT2D eigenvalue weighted by molar-refractivity contribution is 0.0761. The molecule has 3 aromatic rings. The highest BCUT2D eigenvalue weighted by Gasteiger charge is 2.21. The zero-order valence-corrected chi connectivity index (χ0v) is 17.3. The quantitative estimate of drug-likeness (QED) is 0.652. The second-order valence-corrected chi connectivity index (χ2v) is 7.17. The molecule has 1 saturated heterocycles. The molecule has 4 rings (SSSR count). The zero-order chi connectivity index (χ0) is 19.3. The van der Waals surface area contributed by atoms with Crippen LogP contribution in [0.3, 0.4) is 0 Å². The maximum atomic E-state index is 12.8. The molecule has 2 heterocycles. The Morgan fingerprint density at radius 1 is 1.03 bits per heavy atom. The molecule has 1 amide bonds. The van der Waals surface area contributed by atoms with Gasteiger partial charge in [-0.05, 0) is 37.6 Å². The lowest BCUT2D eigenvalue weighted by Crippen LogP contribution is -2.35. The third-order valence-corrected chi connectivity index (χ3v) is 4.99. The third-order valence-electron chi connectivity index (χ3n) is 4.99. The Labute approximate surface area is 176 Å². The first-order valence-corrected chi connectivity index (χ1v) is 9.65. The summed E-state index contributed by atoms with van der Waals surface area (Å²) in [6.07, 6.45) is 0.931. The van der Waals surface area contributed by atoms with Crippen LogP contribution in [0.1, 0.15) is 28.2 Å². The summed E-state index contributed by atoms with van der Waals surface area (Å²) in [6, 6.07) is 17.6. The van der Waals surface area contributed by atoms with Crippen molar-refractivity contribution in [2.45, 2.75) is 19.9 Å². The number of aromatic nitrogens is 2. The highest BCUT2D eigenvalue weighted by Crippen LogP contribution is 2.17. The van der Waals surface area contributed by atoms with Crippen molar-refractivity contribution in [3.8, 4) is 11.5 Å². The predicted molar refractivity (Wildman–Crippen MR) is 114 cm³/mol. The Bertz CT molecular complexity index is 945. The van der Waals surface area contributed by atoms with Gasteiger partial charge >= 0.3 is 0 Å². The average Bonchev–Trinajstić information content (AvgIpc) is 3.06. The van der Waals surface area contributed by atoms with Crippen LogP contribution in [0.5, 0.6) is 0 Å². The minimum Gasteiger partial charge on any atom is -0.337 e. The van der Waals surface area contributed by atoms with E-state index in [1.807, 2.05) is 66.4 Å². The van der Waals surface area contributed by atoms with Crippen molar-refractivity contribution in [1.29, 1.82) is 0 Å². The molecule has 6 nitrogen and oxygen atoms in total. The van der Waals surface area contributed by atoms with Crippen LogP contribution in [-0.4, -0.2) is 52.0 Å². The largest absolute Gasteiger partial charge is 0.337 e. The first-order valence-electron chi connectivity index (χ1n) is 9.65. The Morgan fingerprint density at radius 2 is 1.86 bits per heavy atom. The van der Waals surface area contributed by atoms with Crippen molar-refractivity contribution in [3.05, 3.63) is 71.5 Å². The minimum absolute atomic E-state index is 0. The minimum atomic E-state index is 0. The molecule has 1 aliphatic rings. The Kier molecular flexibility index (Phi) is 7.01. The molecule has 0 atom stereocenters. The molecule has 2 aromatic carbocycles. The van der Waals surface area contributed by atoms with Crippen LogP contribution in [0.2, 0.25) is 0 Å². The molecule has 152 valence electrons. The van der Waals surface area contributed by atoms with Gasteiger partial charge in [0.15, 0.2) is 5.82 Å². The van der Waals surface area contributed by atoms with E-state index in [0.717, 1.165) is 42.7 Å². The van der Waals surface area contributed by atoms with Gasteiger partial charge in [0.25, 0.3) is 11.8 Å². The monoisotopic (exact) mass is 412 g/mol. The van der Waals surface area contributed by atoms with Gasteiger partial charge in [0.1, 0.15) is 0 Å². The van der Waals surface area contributed by atoms with E-state index in [9.17, 15) is 4.79 Å². The summed E-state index contributed by atoms with van der Waals surface area (Å²) in [5, 5.41) is 4.12. The second kappa shape index (κ2) is 9.67. The maximum absolute atomic E-state index is 12.8. The van der Waals surface area contributed by atoms with E-state index in [4.69, 9.17) is 4.52 Å². The van der Waals surface area contributed by atoms with Gasteiger partial charge in [0.05, 0.1) is 6.54 Å². The molecular formula is C22H25ClN4O2. The standard InChI is InChI=1S/C22H24N4O2.ClH/c1-17-7-5-10-19(15-17)22(27)26-12-6-11-25(13-14-26)16-20-23-21(28-24-20)18-8-3-2-4-9-18;/h2-5,7-10,15H,6,11-14,16H2,1H3;1H. The molecule has 0 N–H and O–H groups in total. The van der Waals surface area contributed by atoms with Gasteiger partial charge in [-0.15, -0.1) is 12.4 Å². The molecule has 0 saturated carbocycles. The number of carbonyl (C=O) groups is 1. The molecule has 1 aromatic heterocycles. The summed E-state index contributed by atoms with van der Waals surface area (Å²) in [5.74, 6) is 1.33. The van der Waals surface area contributed by atoms with Crippen LogP contribution in [0.15, 0.2) is 59.1 Å². The summed E-state index contributed by atoms with van der Waals surface area (Å²) in [6.45, 7) is 5.82. The molecule has 0 radical (unpaired) electrons. The van der Waals surface area contributed by atoms with Crippen LogP contribution in [0.25, 0.3) is 11.5 Å². The van der Waals surface area contributed by atoms with E-state index in [1.165, 1.54) is 0 Å². The topological polar surface area (TPSA) is 62.5 Å². The number of halogens is 1. The number of amides is 1. The first-order chi connectivity index (χ1) is 13.7. The normalized spacial score (nSPS) is 14.9. The van der Waals surface area contributed by atoms with Crippen molar-refractivity contribution in [2.75, 3.05) is 26.2 Å². The highest BCUT2D eigenvalue weighted by atomic mass is 35.5. The number of rotatable bonds is 4. The average molecular weight is 413 g/mol. The molecule has 29 heavy (non-hydrogen) atoms. The van der Waals surface area contributed by atoms with Gasteiger partial charge < -0.3 is 9.42 Å². The fourth-order valence-electron chi connectivity index (χ4n) is 3.51. The molecule has 0 aliphatic carbocycles. The molecule has 0 spiro atoms. The second-order valence-electron chi connectivity index (χ2n) is 7.17.